The minimum Gasteiger partial charge on any atom is -0.375 e. The number of sulfonamides is 1. The summed E-state index contributed by atoms with van der Waals surface area (Å²) in [6, 6.07) is 0. The number of aryl methyl sites for hydroxylation is 1. The first-order valence-electron chi connectivity index (χ1n) is 6.29. The first-order chi connectivity index (χ1) is 8.88. The van der Waals surface area contributed by atoms with Gasteiger partial charge in [-0.05, 0) is 45.8 Å². The smallest absolute Gasteiger partial charge is 0.252 e. The second kappa shape index (κ2) is 5.74. The SMILES string of the molecule is Cc1nc(N)sc1S(=O)(=O)NCC1CCN(C)CC1. The summed E-state index contributed by atoms with van der Waals surface area (Å²) in [7, 11) is -1.38. The minimum atomic E-state index is -3.47. The van der Waals surface area contributed by atoms with Crippen LogP contribution in [0.3, 0.4) is 0 Å². The fraction of sp³-hybridized carbons (Fsp3) is 0.727. The number of nitrogen functional groups attached to an aromatic ring is 1. The van der Waals surface area contributed by atoms with E-state index in [-0.39, 0.29) is 9.34 Å². The van der Waals surface area contributed by atoms with Gasteiger partial charge in [-0.1, -0.05) is 11.3 Å². The van der Waals surface area contributed by atoms with Crippen molar-refractivity contribution in [1.29, 1.82) is 0 Å². The van der Waals surface area contributed by atoms with E-state index in [1.165, 1.54) is 0 Å². The van der Waals surface area contributed by atoms with E-state index in [1.54, 1.807) is 6.92 Å². The van der Waals surface area contributed by atoms with E-state index in [2.05, 4.69) is 21.7 Å². The fourth-order valence-corrected chi connectivity index (χ4v) is 4.67. The average Bonchev–Trinajstić information content (AvgIpc) is 2.69. The largest absolute Gasteiger partial charge is 0.375 e. The van der Waals surface area contributed by atoms with Crippen molar-refractivity contribution in [2.45, 2.75) is 24.0 Å². The van der Waals surface area contributed by atoms with Crippen molar-refractivity contribution in [3.63, 3.8) is 0 Å². The van der Waals surface area contributed by atoms with E-state index in [0.717, 1.165) is 37.3 Å². The summed E-state index contributed by atoms with van der Waals surface area (Å²) < 4.78 is 27.3. The Labute approximate surface area is 118 Å². The van der Waals surface area contributed by atoms with Crippen LogP contribution < -0.4 is 10.5 Å². The molecule has 0 aromatic carbocycles. The van der Waals surface area contributed by atoms with Gasteiger partial charge in [0.1, 0.15) is 0 Å². The third kappa shape index (κ3) is 3.65. The average molecular weight is 304 g/mol. The van der Waals surface area contributed by atoms with Crippen LogP contribution >= 0.6 is 11.3 Å². The molecule has 1 aliphatic heterocycles. The monoisotopic (exact) mass is 304 g/mol. The number of likely N-dealkylation sites (tertiary alicyclic amines) is 1. The number of nitrogens with two attached hydrogens (primary N) is 1. The Bertz CT molecular complexity index is 533. The summed E-state index contributed by atoms with van der Waals surface area (Å²) in [5.41, 5.74) is 6.01. The lowest BCUT2D eigenvalue weighted by Gasteiger charge is -2.28. The number of aromatic nitrogens is 1. The van der Waals surface area contributed by atoms with Crippen LogP contribution in [0.1, 0.15) is 18.5 Å². The molecule has 108 valence electrons. The molecule has 1 aromatic heterocycles. The van der Waals surface area contributed by atoms with Gasteiger partial charge in [0.15, 0.2) is 9.34 Å². The molecule has 0 saturated carbocycles. The van der Waals surface area contributed by atoms with Crippen LogP contribution in [0.25, 0.3) is 0 Å². The molecular weight excluding hydrogens is 284 g/mol. The Kier molecular flexibility index (Phi) is 4.44. The summed E-state index contributed by atoms with van der Waals surface area (Å²) in [5.74, 6) is 0.413. The zero-order valence-corrected chi connectivity index (χ0v) is 12.9. The van der Waals surface area contributed by atoms with Gasteiger partial charge in [-0.3, -0.25) is 0 Å². The molecule has 1 aromatic rings. The Morgan fingerprint density at radius 3 is 2.63 bits per heavy atom. The van der Waals surface area contributed by atoms with Gasteiger partial charge in [0.2, 0.25) is 0 Å². The number of thiazole rings is 1. The lowest BCUT2D eigenvalue weighted by atomic mass is 9.98. The van der Waals surface area contributed by atoms with Crippen LogP contribution in [0.15, 0.2) is 4.21 Å². The normalized spacial score (nSPS) is 18.8. The lowest BCUT2D eigenvalue weighted by molar-refractivity contribution is 0.220. The number of nitrogens with zero attached hydrogens (tertiary/aromatic N) is 2. The van der Waals surface area contributed by atoms with Gasteiger partial charge in [0.25, 0.3) is 10.0 Å². The van der Waals surface area contributed by atoms with Crippen molar-refractivity contribution in [3.05, 3.63) is 5.69 Å². The molecule has 0 spiro atoms. The molecular formula is C11H20N4O2S2. The van der Waals surface area contributed by atoms with Gasteiger partial charge < -0.3 is 10.6 Å². The van der Waals surface area contributed by atoms with E-state index in [4.69, 9.17) is 5.73 Å². The Hall–Kier alpha value is -0.700. The molecule has 1 aliphatic rings. The lowest BCUT2D eigenvalue weighted by Crippen LogP contribution is -2.36. The molecule has 1 fully saturated rings. The fourth-order valence-electron chi connectivity index (χ4n) is 2.21. The molecule has 2 rings (SSSR count). The highest BCUT2D eigenvalue weighted by Crippen LogP contribution is 2.25. The molecule has 8 heteroatoms. The van der Waals surface area contributed by atoms with E-state index in [1.807, 2.05) is 0 Å². The molecule has 0 bridgehead atoms. The highest BCUT2D eigenvalue weighted by Gasteiger charge is 2.23. The van der Waals surface area contributed by atoms with Crippen LogP contribution in [0.5, 0.6) is 0 Å². The maximum atomic E-state index is 12.2. The van der Waals surface area contributed by atoms with E-state index in [0.29, 0.717) is 18.2 Å². The van der Waals surface area contributed by atoms with Crippen molar-refractivity contribution in [3.8, 4) is 0 Å². The van der Waals surface area contributed by atoms with Crippen LogP contribution in [-0.2, 0) is 10.0 Å². The predicted molar refractivity (Wildman–Crippen MR) is 76.7 cm³/mol. The Morgan fingerprint density at radius 1 is 1.47 bits per heavy atom. The number of anilines is 1. The number of piperidine rings is 1. The van der Waals surface area contributed by atoms with E-state index in [9.17, 15) is 8.42 Å². The summed E-state index contributed by atoms with van der Waals surface area (Å²) in [6.45, 7) is 4.21. The van der Waals surface area contributed by atoms with Gasteiger partial charge in [0, 0.05) is 6.54 Å². The van der Waals surface area contributed by atoms with Crippen LogP contribution in [0, 0.1) is 12.8 Å². The molecule has 6 nitrogen and oxygen atoms in total. The Balaban J connectivity index is 1.96. The van der Waals surface area contributed by atoms with Crippen molar-refractivity contribution in [1.82, 2.24) is 14.6 Å². The summed E-state index contributed by atoms with van der Waals surface area (Å²) in [6.07, 6.45) is 2.06. The van der Waals surface area contributed by atoms with E-state index >= 15 is 0 Å². The standard InChI is InChI=1S/C11H20N4O2S2/c1-8-10(18-11(12)14-8)19(16,17)13-7-9-3-5-15(2)6-4-9/h9,13H,3-7H2,1-2H3,(H2,12,14). The molecule has 2 heterocycles. The zero-order valence-electron chi connectivity index (χ0n) is 11.2. The molecule has 0 aliphatic carbocycles. The predicted octanol–water partition coefficient (Wildman–Crippen LogP) is 0.654. The highest BCUT2D eigenvalue weighted by molar-refractivity contribution is 7.91. The molecule has 0 amide bonds. The highest BCUT2D eigenvalue weighted by atomic mass is 32.2. The first kappa shape index (κ1) is 14.7. The van der Waals surface area contributed by atoms with Crippen molar-refractivity contribution in [2.24, 2.45) is 5.92 Å². The van der Waals surface area contributed by atoms with Crippen molar-refractivity contribution < 1.29 is 8.42 Å². The molecule has 0 radical (unpaired) electrons. The van der Waals surface area contributed by atoms with Gasteiger partial charge in [-0.25, -0.2) is 18.1 Å². The molecule has 19 heavy (non-hydrogen) atoms. The van der Waals surface area contributed by atoms with Gasteiger partial charge >= 0.3 is 0 Å². The maximum absolute atomic E-state index is 12.2. The van der Waals surface area contributed by atoms with Crippen LogP contribution in [0.4, 0.5) is 5.13 Å². The second-order valence-electron chi connectivity index (χ2n) is 5.02. The topological polar surface area (TPSA) is 88.3 Å². The van der Waals surface area contributed by atoms with Gasteiger partial charge in [0.05, 0.1) is 5.69 Å². The zero-order chi connectivity index (χ0) is 14.0. The van der Waals surface area contributed by atoms with Crippen molar-refractivity contribution in [2.75, 3.05) is 32.4 Å². The number of rotatable bonds is 4. The van der Waals surface area contributed by atoms with Gasteiger partial charge in [-0.2, -0.15) is 0 Å². The summed E-state index contributed by atoms with van der Waals surface area (Å²) in [5, 5.41) is 0.289. The van der Waals surface area contributed by atoms with Gasteiger partial charge in [-0.15, -0.1) is 0 Å². The minimum absolute atomic E-state index is 0.234. The molecule has 0 atom stereocenters. The summed E-state index contributed by atoms with van der Waals surface area (Å²) >= 11 is 1.02. The molecule has 0 unspecified atom stereocenters. The maximum Gasteiger partial charge on any atom is 0.252 e. The van der Waals surface area contributed by atoms with Crippen molar-refractivity contribution >= 4 is 26.5 Å². The summed E-state index contributed by atoms with van der Waals surface area (Å²) in [4.78, 5) is 6.22. The quantitative estimate of drug-likeness (QED) is 0.853. The number of hydrogen-bond acceptors (Lipinski definition) is 6. The van der Waals surface area contributed by atoms with E-state index < -0.39 is 10.0 Å². The first-order valence-corrected chi connectivity index (χ1v) is 8.59. The number of nitrogens with one attached hydrogen (secondary N) is 1. The molecule has 3 N–H and O–H groups in total. The third-order valence-corrected chi connectivity index (χ3v) is 6.43. The van der Waals surface area contributed by atoms with Crippen LogP contribution in [0.2, 0.25) is 0 Å². The Morgan fingerprint density at radius 2 is 2.11 bits per heavy atom. The third-order valence-electron chi connectivity index (χ3n) is 3.41. The van der Waals surface area contributed by atoms with Crippen LogP contribution in [-0.4, -0.2) is 45.0 Å². The molecule has 1 saturated heterocycles. The second-order valence-corrected chi connectivity index (χ2v) is 8.02. The number of hydrogen-bond donors (Lipinski definition) is 2.